The molecule has 0 saturated heterocycles. The Bertz CT molecular complexity index is 1070. The largest absolute Gasteiger partial charge is 0.493 e. The Morgan fingerprint density at radius 2 is 1.72 bits per heavy atom. The molecule has 0 heterocycles. The number of hydrogen-bond acceptors (Lipinski definition) is 4. The van der Waals surface area contributed by atoms with Crippen LogP contribution in [0.1, 0.15) is 21.5 Å². The Balaban J connectivity index is 1.88. The number of methoxy groups -OCH3 is 1. The summed E-state index contributed by atoms with van der Waals surface area (Å²) in [6, 6.07) is 24.0. The molecule has 4 nitrogen and oxygen atoms in total. The topological polar surface area (TPSA) is 59.3 Å². The molecule has 3 aromatic rings. The van der Waals surface area contributed by atoms with E-state index >= 15 is 0 Å². The molecule has 0 aliphatic rings. The van der Waals surface area contributed by atoms with Crippen LogP contribution in [0.4, 0.5) is 0 Å². The van der Waals surface area contributed by atoms with Crippen molar-refractivity contribution in [2.24, 2.45) is 0 Å². The second kappa shape index (κ2) is 9.72. The van der Waals surface area contributed by atoms with E-state index in [1.54, 1.807) is 49.6 Å². The molecule has 0 aliphatic heterocycles. The summed E-state index contributed by atoms with van der Waals surface area (Å²) in [5, 5.41) is 9.47. The Labute approximate surface area is 178 Å². The molecule has 0 bridgehead atoms. The quantitative estimate of drug-likeness (QED) is 0.259. The molecule has 0 unspecified atom stereocenters. The van der Waals surface area contributed by atoms with Crippen molar-refractivity contribution in [1.29, 1.82) is 5.26 Å². The van der Waals surface area contributed by atoms with Gasteiger partial charge in [-0.1, -0.05) is 60.7 Å². The van der Waals surface area contributed by atoms with E-state index in [1.165, 1.54) is 0 Å². The van der Waals surface area contributed by atoms with Gasteiger partial charge in [0, 0.05) is 5.56 Å². The summed E-state index contributed by atoms with van der Waals surface area (Å²) in [6.07, 6.45) is 1.55. The number of ketones is 1. The molecule has 0 N–H and O–H groups in total. The third-order valence-electron chi connectivity index (χ3n) is 4.19. The highest BCUT2D eigenvalue weighted by Gasteiger charge is 2.15. The molecule has 0 radical (unpaired) electrons. The van der Waals surface area contributed by atoms with Gasteiger partial charge >= 0.3 is 0 Å². The van der Waals surface area contributed by atoms with Gasteiger partial charge in [0.25, 0.3) is 0 Å². The lowest BCUT2D eigenvalue weighted by Crippen LogP contribution is -2.02. The summed E-state index contributed by atoms with van der Waals surface area (Å²) >= 11 is 3.50. The van der Waals surface area contributed by atoms with Gasteiger partial charge in [-0.15, -0.1) is 0 Å². The van der Waals surface area contributed by atoms with Crippen molar-refractivity contribution < 1.29 is 14.3 Å². The minimum absolute atomic E-state index is 0.0445. The minimum atomic E-state index is -0.326. The number of allylic oxidation sites excluding steroid dienone is 1. The summed E-state index contributed by atoms with van der Waals surface area (Å²) in [5.74, 6) is 0.736. The molecule has 0 aromatic heterocycles. The summed E-state index contributed by atoms with van der Waals surface area (Å²) in [5.41, 5.74) is 2.20. The van der Waals surface area contributed by atoms with E-state index in [2.05, 4.69) is 15.9 Å². The van der Waals surface area contributed by atoms with Crippen molar-refractivity contribution in [2.75, 3.05) is 7.11 Å². The van der Waals surface area contributed by atoms with Crippen LogP contribution in [0.25, 0.3) is 6.08 Å². The minimum Gasteiger partial charge on any atom is -0.493 e. The molecule has 0 amide bonds. The zero-order valence-corrected chi connectivity index (χ0v) is 17.3. The molecule has 0 atom stereocenters. The van der Waals surface area contributed by atoms with Crippen LogP contribution in [0.2, 0.25) is 0 Å². The smallest absolute Gasteiger partial charge is 0.203 e. The maximum atomic E-state index is 12.6. The number of carbonyl (C=O) groups is 1. The van der Waals surface area contributed by atoms with Crippen molar-refractivity contribution in [3.8, 4) is 17.6 Å². The van der Waals surface area contributed by atoms with E-state index in [9.17, 15) is 10.1 Å². The molecule has 0 saturated carbocycles. The second-order valence-corrected chi connectivity index (χ2v) is 7.03. The number of nitriles is 1. The summed E-state index contributed by atoms with van der Waals surface area (Å²) < 4.78 is 12.1. The van der Waals surface area contributed by atoms with E-state index in [0.717, 1.165) is 5.56 Å². The molecule has 29 heavy (non-hydrogen) atoms. The fourth-order valence-corrected chi connectivity index (χ4v) is 3.33. The molecule has 144 valence electrons. The Hall–Kier alpha value is -3.36. The van der Waals surface area contributed by atoms with Crippen LogP contribution in [0.15, 0.2) is 82.8 Å². The zero-order valence-electron chi connectivity index (χ0n) is 15.8. The Morgan fingerprint density at radius 3 is 2.34 bits per heavy atom. The maximum absolute atomic E-state index is 12.6. The van der Waals surface area contributed by atoms with E-state index in [-0.39, 0.29) is 11.4 Å². The first-order chi connectivity index (χ1) is 14.1. The predicted octanol–water partition coefficient (Wildman–Crippen LogP) is 5.83. The van der Waals surface area contributed by atoms with Gasteiger partial charge < -0.3 is 9.47 Å². The number of hydrogen-bond donors (Lipinski definition) is 0. The normalized spacial score (nSPS) is 10.9. The molecule has 0 spiro atoms. The standard InChI is InChI=1S/C24H18BrNO3/c1-28-22-14-18(12-20(15-26)23(27)19-10-6-3-7-11-19)13-21(25)24(22)29-16-17-8-4-2-5-9-17/h2-14H,16H2,1H3/b20-12+. The summed E-state index contributed by atoms with van der Waals surface area (Å²) in [4.78, 5) is 12.6. The van der Waals surface area contributed by atoms with E-state index in [1.807, 2.05) is 42.5 Å². The van der Waals surface area contributed by atoms with Gasteiger partial charge in [0.1, 0.15) is 18.2 Å². The lowest BCUT2D eigenvalue weighted by Gasteiger charge is -2.14. The molecule has 3 aromatic carbocycles. The number of carbonyl (C=O) groups excluding carboxylic acids is 1. The van der Waals surface area contributed by atoms with Gasteiger partial charge in [0.2, 0.25) is 5.78 Å². The van der Waals surface area contributed by atoms with Crippen LogP contribution in [-0.4, -0.2) is 12.9 Å². The summed E-state index contributed by atoms with van der Waals surface area (Å²) in [6.45, 7) is 0.390. The molecule has 0 aliphatic carbocycles. The fourth-order valence-electron chi connectivity index (χ4n) is 2.75. The molecule has 5 heteroatoms. The highest BCUT2D eigenvalue weighted by Crippen LogP contribution is 2.37. The highest BCUT2D eigenvalue weighted by atomic mass is 79.9. The number of nitrogens with zero attached hydrogens (tertiary/aromatic N) is 1. The SMILES string of the molecule is COc1cc(/C=C(\C#N)C(=O)c2ccccc2)cc(Br)c1OCc1ccccc1. The molecular formula is C24H18BrNO3. The van der Waals surface area contributed by atoms with Crippen molar-refractivity contribution in [1.82, 2.24) is 0 Å². The predicted molar refractivity (Wildman–Crippen MR) is 116 cm³/mol. The number of Topliss-reactive ketones (excluding diaryl/α,β-unsaturated/α-hetero) is 1. The maximum Gasteiger partial charge on any atom is 0.203 e. The van der Waals surface area contributed by atoms with Gasteiger partial charge in [-0.05, 0) is 45.3 Å². The lowest BCUT2D eigenvalue weighted by atomic mass is 10.0. The van der Waals surface area contributed by atoms with Gasteiger partial charge in [0.05, 0.1) is 11.6 Å². The first kappa shape index (κ1) is 20.4. The monoisotopic (exact) mass is 447 g/mol. The number of ether oxygens (including phenoxy) is 2. The van der Waals surface area contributed by atoms with E-state index < -0.39 is 0 Å². The Kier molecular flexibility index (Phi) is 6.83. The third-order valence-corrected chi connectivity index (χ3v) is 4.78. The van der Waals surface area contributed by atoms with Crippen molar-refractivity contribution in [3.63, 3.8) is 0 Å². The van der Waals surface area contributed by atoms with E-state index in [0.29, 0.717) is 33.7 Å². The zero-order chi connectivity index (χ0) is 20.6. The average molecular weight is 448 g/mol. The average Bonchev–Trinajstić information content (AvgIpc) is 2.77. The van der Waals surface area contributed by atoms with Crippen LogP contribution >= 0.6 is 15.9 Å². The van der Waals surface area contributed by atoms with Crippen molar-refractivity contribution in [3.05, 3.63) is 99.5 Å². The first-order valence-electron chi connectivity index (χ1n) is 8.88. The second-order valence-electron chi connectivity index (χ2n) is 6.17. The van der Waals surface area contributed by atoms with Gasteiger partial charge in [-0.2, -0.15) is 5.26 Å². The van der Waals surface area contributed by atoms with Crippen molar-refractivity contribution in [2.45, 2.75) is 6.61 Å². The van der Waals surface area contributed by atoms with E-state index in [4.69, 9.17) is 9.47 Å². The molecular weight excluding hydrogens is 430 g/mol. The molecule has 0 fully saturated rings. The first-order valence-corrected chi connectivity index (χ1v) is 9.67. The number of benzene rings is 3. The summed E-state index contributed by atoms with van der Waals surface area (Å²) in [7, 11) is 1.55. The van der Waals surface area contributed by atoms with Crippen LogP contribution in [-0.2, 0) is 6.61 Å². The number of rotatable bonds is 7. The van der Waals surface area contributed by atoms with Gasteiger partial charge in [0.15, 0.2) is 11.5 Å². The van der Waals surface area contributed by atoms with Gasteiger partial charge in [-0.25, -0.2) is 0 Å². The van der Waals surface area contributed by atoms with Crippen LogP contribution in [0.3, 0.4) is 0 Å². The van der Waals surface area contributed by atoms with Crippen LogP contribution < -0.4 is 9.47 Å². The van der Waals surface area contributed by atoms with Crippen LogP contribution in [0.5, 0.6) is 11.5 Å². The van der Waals surface area contributed by atoms with Crippen molar-refractivity contribution >= 4 is 27.8 Å². The highest BCUT2D eigenvalue weighted by molar-refractivity contribution is 9.10. The fraction of sp³-hybridized carbons (Fsp3) is 0.0833. The lowest BCUT2D eigenvalue weighted by molar-refractivity contribution is 0.104. The van der Waals surface area contributed by atoms with Gasteiger partial charge in [-0.3, -0.25) is 4.79 Å². The molecule has 3 rings (SSSR count). The Morgan fingerprint density at radius 1 is 1.07 bits per heavy atom. The number of halogens is 1. The van der Waals surface area contributed by atoms with Crippen LogP contribution in [0, 0.1) is 11.3 Å². The third kappa shape index (κ3) is 5.13.